The number of carbonyl (C=O) groups excluding carboxylic acids is 2. The van der Waals surface area contributed by atoms with Gasteiger partial charge in [0.2, 0.25) is 16.9 Å². The third kappa shape index (κ3) is 6.89. The van der Waals surface area contributed by atoms with E-state index >= 15 is 0 Å². The van der Waals surface area contributed by atoms with Gasteiger partial charge in [0.05, 0.1) is 31.3 Å². The van der Waals surface area contributed by atoms with Crippen LogP contribution in [-0.4, -0.2) is 46.9 Å². The van der Waals surface area contributed by atoms with Crippen LogP contribution in [0, 0.1) is 10.1 Å². The van der Waals surface area contributed by atoms with Crippen molar-refractivity contribution >= 4 is 51.4 Å². The molecule has 0 aliphatic heterocycles. The quantitative estimate of drug-likeness (QED) is 0.189. The fraction of sp³-hybridized carbons (Fsp3) is 0.200. The van der Waals surface area contributed by atoms with Crippen LogP contribution in [0.25, 0.3) is 0 Å². The van der Waals surface area contributed by atoms with E-state index in [1.54, 1.807) is 18.2 Å². The van der Waals surface area contributed by atoms with Crippen LogP contribution in [0.4, 0.5) is 16.5 Å². The van der Waals surface area contributed by atoms with E-state index in [9.17, 15) is 19.7 Å². The molecule has 0 atom stereocenters. The number of nitrogens with one attached hydrogen (secondary N) is 2. The molecule has 1 aromatic heterocycles. The Balaban J connectivity index is 1.48. The molecule has 0 spiro atoms. The van der Waals surface area contributed by atoms with Crippen molar-refractivity contribution in [3.05, 3.63) is 58.1 Å². The second-order valence-corrected chi connectivity index (χ2v) is 8.63. The number of aromatic nitrogens is 2. The fourth-order valence-electron chi connectivity index (χ4n) is 2.65. The molecule has 0 radical (unpaired) electrons. The molecule has 2 N–H and O–H groups in total. The minimum absolute atomic E-state index is 0.0584. The molecular weight excluding hydrogens is 470 g/mol. The molecule has 0 fully saturated rings. The number of hydrogen-bond donors (Lipinski definition) is 2. The highest BCUT2D eigenvalue weighted by Gasteiger charge is 2.13. The number of hydrogen-bond acceptors (Lipinski definition) is 10. The minimum atomic E-state index is -0.513. The molecule has 0 aliphatic rings. The van der Waals surface area contributed by atoms with Crippen LogP contribution in [0.1, 0.15) is 5.56 Å². The lowest BCUT2D eigenvalue weighted by atomic mass is 10.1. The zero-order valence-electron chi connectivity index (χ0n) is 17.6. The van der Waals surface area contributed by atoms with Gasteiger partial charge in [-0.2, -0.15) is 0 Å². The SMILES string of the molecule is COc1ccc(CC(=O)Nc2nnc(SCC(=O)Nc3ccc([N+](=O)[O-])cc3)s2)cc1OC. The molecule has 33 heavy (non-hydrogen) atoms. The monoisotopic (exact) mass is 489 g/mol. The van der Waals surface area contributed by atoms with Gasteiger partial charge >= 0.3 is 0 Å². The second kappa shape index (κ2) is 11.2. The summed E-state index contributed by atoms with van der Waals surface area (Å²) in [5.74, 6) is 0.592. The van der Waals surface area contributed by atoms with E-state index < -0.39 is 4.92 Å². The van der Waals surface area contributed by atoms with Gasteiger partial charge in [0.25, 0.3) is 5.69 Å². The van der Waals surface area contributed by atoms with Crippen molar-refractivity contribution in [2.75, 3.05) is 30.6 Å². The summed E-state index contributed by atoms with van der Waals surface area (Å²) in [7, 11) is 3.06. The number of rotatable bonds is 10. The molecule has 13 heteroatoms. The number of thioether (sulfide) groups is 1. The number of nitro groups is 1. The molecule has 1 heterocycles. The normalized spacial score (nSPS) is 10.4. The van der Waals surface area contributed by atoms with E-state index in [2.05, 4.69) is 20.8 Å². The van der Waals surface area contributed by atoms with Crippen molar-refractivity contribution in [1.29, 1.82) is 0 Å². The Morgan fingerprint density at radius 2 is 1.76 bits per heavy atom. The first-order valence-corrected chi connectivity index (χ1v) is 11.2. The van der Waals surface area contributed by atoms with Crippen LogP contribution in [-0.2, 0) is 16.0 Å². The Morgan fingerprint density at radius 1 is 1.03 bits per heavy atom. The Kier molecular flexibility index (Phi) is 8.16. The van der Waals surface area contributed by atoms with Crippen molar-refractivity contribution < 1.29 is 24.0 Å². The molecule has 0 saturated carbocycles. The maximum atomic E-state index is 12.3. The Labute approximate surface area is 196 Å². The number of nitro benzene ring substituents is 1. The predicted molar refractivity (Wildman–Crippen MR) is 124 cm³/mol. The first-order chi connectivity index (χ1) is 15.9. The molecule has 2 aromatic carbocycles. The molecule has 2 amide bonds. The number of ether oxygens (including phenoxy) is 2. The molecule has 0 saturated heterocycles. The number of carbonyl (C=O) groups is 2. The van der Waals surface area contributed by atoms with Gasteiger partial charge in [-0.3, -0.25) is 19.7 Å². The van der Waals surface area contributed by atoms with Crippen molar-refractivity contribution in [3.63, 3.8) is 0 Å². The minimum Gasteiger partial charge on any atom is -0.493 e. The molecule has 0 bridgehead atoms. The van der Waals surface area contributed by atoms with Crippen LogP contribution < -0.4 is 20.1 Å². The first kappa shape index (κ1) is 23.9. The first-order valence-electron chi connectivity index (χ1n) is 9.39. The maximum absolute atomic E-state index is 12.3. The van der Waals surface area contributed by atoms with Crippen molar-refractivity contribution in [2.24, 2.45) is 0 Å². The summed E-state index contributed by atoms with van der Waals surface area (Å²) in [5.41, 5.74) is 1.13. The van der Waals surface area contributed by atoms with Gasteiger partial charge in [0, 0.05) is 17.8 Å². The lowest BCUT2D eigenvalue weighted by Gasteiger charge is -2.09. The smallest absolute Gasteiger partial charge is 0.269 e. The van der Waals surface area contributed by atoms with Gasteiger partial charge in [0.15, 0.2) is 15.8 Å². The zero-order valence-corrected chi connectivity index (χ0v) is 19.2. The standard InChI is InChI=1S/C20H19N5O6S2/c1-30-15-8-3-12(9-16(15)31-2)10-17(26)22-19-23-24-20(33-19)32-11-18(27)21-13-4-6-14(7-5-13)25(28)29/h3-9H,10-11H2,1-2H3,(H,21,27)(H,22,23,26). The van der Waals surface area contributed by atoms with Crippen molar-refractivity contribution in [1.82, 2.24) is 10.2 Å². The summed E-state index contributed by atoms with van der Waals surface area (Å²) < 4.78 is 10.9. The summed E-state index contributed by atoms with van der Waals surface area (Å²) in [6, 6.07) is 10.8. The number of anilines is 2. The lowest BCUT2D eigenvalue weighted by Crippen LogP contribution is -2.14. The summed E-state index contributed by atoms with van der Waals surface area (Å²) in [4.78, 5) is 34.6. The number of amides is 2. The van der Waals surface area contributed by atoms with Crippen LogP contribution in [0.15, 0.2) is 46.8 Å². The number of nitrogens with zero attached hydrogens (tertiary/aromatic N) is 3. The van der Waals surface area contributed by atoms with Crippen LogP contribution in [0.5, 0.6) is 11.5 Å². The highest BCUT2D eigenvalue weighted by atomic mass is 32.2. The van der Waals surface area contributed by atoms with Crippen LogP contribution in [0.2, 0.25) is 0 Å². The van der Waals surface area contributed by atoms with Gasteiger partial charge in [0.1, 0.15) is 0 Å². The van der Waals surface area contributed by atoms with E-state index in [4.69, 9.17) is 9.47 Å². The molecule has 172 valence electrons. The molecule has 3 aromatic rings. The highest BCUT2D eigenvalue weighted by Crippen LogP contribution is 2.28. The third-order valence-corrected chi connectivity index (χ3v) is 6.13. The maximum Gasteiger partial charge on any atom is 0.269 e. The van der Waals surface area contributed by atoms with Gasteiger partial charge in [-0.15, -0.1) is 10.2 Å². The zero-order chi connectivity index (χ0) is 23.8. The van der Waals surface area contributed by atoms with E-state index in [1.807, 2.05) is 0 Å². The molecular formula is C20H19N5O6S2. The number of methoxy groups -OCH3 is 2. The molecule has 0 unspecified atom stereocenters. The Hall–Kier alpha value is -3.71. The summed E-state index contributed by atoms with van der Waals surface area (Å²) in [6.07, 6.45) is 0.111. The molecule has 0 aliphatic carbocycles. The van der Waals surface area contributed by atoms with E-state index in [-0.39, 0.29) is 29.7 Å². The third-order valence-electron chi connectivity index (χ3n) is 4.15. The average molecular weight is 490 g/mol. The highest BCUT2D eigenvalue weighted by molar-refractivity contribution is 8.01. The van der Waals surface area contributed by atoms with Crippen LogP contribution in [0.3, 0.4) is 0 Å². The largest absolute Gasteiger partial charge is 0.493 e. The van der Waals surface area contributed by atoms with Crippen LogP contribution >= 0.6 is 23.1 Å². The van der Waals surface area contributed by atoms with E-state index in [0.717, 1.165) is 28.7 Å². The summed E-state index contributed by atoms with van der Waals surface area (Å²) in [6.45, 7) is 0. The summed E-state index contributed by atoms with van der Waals surface area (Å²) >= 11 is 2.31. The van der Waals surface area contributed by atoms with Crippen molar-refractivity contribution in [2.45, 2.75) is 10.8 Å². The fourth-order valence-corrected chi connectivity index (χ4v) is 4.22. The average Bonchev–Trinajstić information content (AvgIpc) is 3.25. The molecule has 11 nitrogen and oxygen atoms in total. The topological polar surface area (TPSA) is 146 Å². The second-order valence-electron chi connectivity index (χ2n) is 6.43. The van der Waals surface area contributed by atoms with Gasteiger partial charge in [-0.05, 0) is 29.8 Å². The van der Waals surface area contributed by atoms with Gasteiger partial charge in [-0.1, -0.05) is 29.2 Å². The lowest BCUT2D eigenvalue weighted by molar-refractivity contribution is -0.384. The van der Waals surface area contributed by atoms with E-state index in [1.165, 1.54) is 38.5 Å². The molecule has 3 rings (SSSR count). The van der Waals surface area contributed by atoms with Gasteiger partial charge < -0.3 is 20.1 Å². The predicted octanol–water partition coefficient (Wildman–Crippen LogP) is 3.38. The van der Waals surface area contributed by atoms with Crippen molar-refractivity contribution in [3.8, 4) is 11.5 Å². The Morgan fingerprint density at radius 3 is 2.42 bits per heavy atom. The number of non-ortho nitro benzene ring substituents is 1. The number of benzene rings is 2. The van der Waals surface area contributed by atoms with E-state index in [0.29, 0.717) is 26.7 Å². The summed E-state index contributed by atoms with van der Waals surface area (Å²) in [5, 5.41) is 24.2. The Bertz CT molecular complexity index is 1150. The van der Waals surface area contributed by atoms with Gasteiger partial charge in [-0.25, -0.2) is 0 Å².